The zero-order valence-electron chi connectivity index (χ0n) is 17.8. The molecule has 5 N–H and O–H groups in total. The van der Waals surface area contributed by atoms with E-state index < -0.39 is 10.1 Å². The number of nitrogens with one attached hydrogen (secondary N) is 2. The van der Waals surface area contributed by atoms with Gasteiger partial charge < -0.3 is 10.6 Å². The maximum absolute atomic E-state index is 11.2. The lowest BCUT2D eigenvalue weighted by atomic mass is 10.1. The molecule has 0 saturated carbocycles. The zero-order valence-corrected chi connectivity index (χ0v) is 20.2. The number of anilines is 4. The second-order valence-corrected chi connectivity index (χ2v) is 9.76. The number of fused-ring (bicyclic) bond motifs is 1. The maximum atomic E-state index is 11.2. The summed E-state index contributed by atoms with van der Waals surface area (Å²) in [6, 6.07) is 16.0. The van der Waals surface area contributed by atoms with Gasteiger partial charge in [0.15, 0.2) is 0 Å². The van der Waals surface area contributed by atoms with Crippen molar-refractivity contribution < 1.29 is 42.2 Å². The van der Waals surface area contributed by atoms with Crippen molar-refractivity contribution >= 4 is 68.1 Å². The molecule has 0 saturated heterocycles. The van der Waals surface area contributed by atoms with Gasteiger partial charge in [-0.25, -0.2) is 15.5 Å². The molecule has 0 aliphatic carbocycles. The topological polar surface area (TPSA) is 182 Å². The van der Waals surface area contributed by atoms with Gasteiger partial charge in [0.25, 0.3) is 10.1 Å². The molecule has 0 atom stereocenters. The molecule has 13 nitrogen and oxygen atoms in total. The third-order valence-corrected chi connectivity index (χ3v) is 6.61. The molecule has 188 valence electrons. The first kappa shape index (κ1) is 26.0. The summed E-state index contributed by atoms with van der Waals surface area (Å²) in [6.45, 7) is 0. The Balaban J connectivity index is 1.55. The van der Waals surface area contributed by atoms with Crippen LogP contribution in [0.5, 0.6) is 0 Å². The molecule has 4 rings (SSSR count). The third kappa shape index (κ3) is 6.80. The van der Waals surface area contributed by atoms with Crippen LogP contribution in [-0.2, 0) is 28.9 Å². The molecule has 0 radical (unpaired) electrons. The molecular weight excluding hydrogens is 536 g/mol. The highest BCUT2D eigenvalue weighted by atomic mass is 32.2. The van der Waals surface area contributed by atoms with E-state index in [0.717, 1.165) is 34.9 Å². The van der Waals surface area contributed by atoms with Crippen LogP contribution in [0.25, 0.3) is 10.8 Å². The molecule has 36 heavy (non-hydrogen) atoms. The molecule has 1 aromatic heterocycles. The summed E-state index contributed by atoms with van der Waals surface area (Å²) in [7, 11) is -4.28. The van der Waals surface area contributed by atoms with Crippen molar-refractivity contribution in [1.29, 1.82) is 0 Å². The van der Waals surface area contributed by atoms with Gasteiger partial charge in [0.1, 0.15) is 5.82 Å². The highest BCUT2D eigenvalue weighted by Gasteiger charge is 2.11. The van der Waals surface area contributed by atoms with Crippen LogP contribution in [-0.4, -0.2) is 33.5 Å². The van der Waals surface area contributed by atoms with E-state index >= 15 is 0 Å². The van der Waals surface area contributed by atoms with Crippen LogP contribution in [0.15, 0.2) is 81.5 Å². The quantitative estimate of drug-likeness (QED) is 0.0706. The lowest BCUT2D eigenvalue weighted by Gasteiger charge is -2.11. The van der Waals surface area contributed by atoms with Gasteiger partial charge >= 0.3 is 0 Å². The number of hydrogen-bond acceptors (Lipinski definition) is 14. The Morgan fingerprint density at radius 3 is 2.28 bits per heavy atom. The van der Waals surface area contributed by atoms with E-state index in [1.807, 2.05) is 0 Å². The molecule has 3 aromatic carbocycles. The second-order valence-electron chi connectivity index (χ2n) is 6.82. The number of nitrogens with zero attached hydrogens (tertiary/aromatic N) is 2. The molecule has 0 fully saturated rings. The van der Waals surface area contributed by atoms with Crippen LogP contribution < -0.4 is 10.6 Å². The lowest BCUT2D eigenvalue weighted by Crippen LogP contribution is -2.01. The first-order chi connectivity index (χ1) is 17.4. The summed E-state index contributed by atoms with van der Waals surface area (Å²) in [5.41, 5.74) is 1.20. The Hall–Kier alpha value is -3.03. The average Bonchev–Trinajstić information content (AvgIpc) is 2.86. The second kappa shape index (κ2) is 11.8. The number of benzene rings is 3. The van der Waals surface area contributed by atoms with E-state index in [-0.39, 0.29) is 10.8 Å². The molecule has 16 heteroatoms. The summed E-state index contributed by atoms with van der Waals surface area (Å²) >= 11 is 1.52. The Bertz CT molecular complexity index is 1460. The Morgan fingerprint density at radius 1 is 0.833 bits per heavy atom. The minimum absolute atomic E-state index is 0.219. The predicted octanol–water partition coefficient (Wildman–Crippen LogP) is 5.22. The third-order valence-electron chi connectivity index (χ3n) is 4.54. The SMILES string of the molecule is O=S(=O)(O)c1ccc(Nc2ccnc(Nc3ccc4c(SOOO)cc(SOOO)cc4c3)n2)cc1. The van der Waals surface area contributed by atoms with Crippen molar-refractivity contribution in [2.75, 3.05) is 10.6 Å². The van der Waals surface area contributed by atoms with Crippen molar-refractivity contribution in [2.24, 2.45) is 0 Å². The first-order valence-corrected chi connectivity index (χ1v) is 12.6. The highest BCUT2D eigenvalue weighted by molar-refractivity contribution is 7.95. The summed E-state index contributed by atoms with van der Waals surface area (Å²) in [4.78, 5) is 9.52. The fourth-order valence-corrected chi connectivity index (χ4v) is 4.64. The van der Waals surface area contributed by atoms with Crippen molar-refractivity contribution in [2.45, 2.75) is 14.7 Å². The van der Waals surface area contributed by atoms with Crippen molar-refractivity contribution in [3.63, 3.8) is 0 Å². The van der Waals surface area contributed by atoms with Crippen LogP contribution in [0.4, 0.5) is 23.1 Å². The van der Waals surface area contributed by atoms with E-state index in [2.05, 4.69) is 39.3 Å². The predicted molar refractivity (Wildman–Crippen MR) is 130 cm³/mol. The van der Waals surface area contributed by atoms with Gasteiger partial charge in [0.05, 0.1) is 29.0 Å². The molecule has 0 aliphatic rings. The smallest absolute Gasteiger partial charge is 0.294 e. The van der Waals surface area contributed by atoms with Crippen molar-refractivity contribution in [3.8, 4) is 0 Å². The van der Waals surface area contributed by atoms with Gasteiger partial charge in [0, 0.05) is 27.4 Å². The number of rotatable bonds is 11. The molecule has 0 aliphatic heterocycles. The Labute approximate surface area is 212 Å². The van der Waals surface area contributed by atoms with Crippen molar-refractivity contribution in [1.82, 2.24) is 9.97 Å². The molecule has 0 unspecified atom stereocenters. The van der Waals surface area contributed by atoms with E-state index in [9.17, 15) is 8.42 Å². The summed E-state index contributed by atoms with van der Waals surface area (Å²) < 4.78 is 40.5. The fourth-order valence-electron chi connectivity index (χ4n) is 3.09. The first-order valence-electron chi connectivity index (χ1n) is 9.68. The fraction of sp³-hybridized carbons (Fsp3) is 0. The van der Waals surface area contributed by atoms with Gasteiger partial charge in [-0.15, -0.1) is 8.67 Å². The van der Waals surface area contributed by atoms with E-state index in [1.54, 1.807) is 36.4 Å². The summed E-state index contributed by atoms with van der Waals surface area (Å²) in [5.74, 6) is 0.718. The van der Waals surface area contributed by atoms with Gasteiger partial charge in [-0.3, -0.25) is 4.55 Å². The molecule has 0 spiro atoms. The van der Waals surface area contributed by atoms with Gasteiger partial charge in [-0.2, -0.15) is 13.4 Å². The molecule has 4 aromatic rings. The molecular formula is C20H16N4O9S3. The number of aromatic nitrogens is 2. The zero-order chi connectivity index (χ0) is 25.5. The largest absolute Gasteiger partial charge is 0.340 e. The molecule has 1 heterocycles. The van der Waals surface area contributed by atoms with Crippen LogP contribution >= 0.6 is 24.1 Å². The van der Waals surface area contributed by atoms with E-state index in [1.165, 1.54) is 30.5 Å². The Kier molecular flexibility index (Phi) is 8.54. The average molecular weight is 553 g/mol. The van der Waals surface area contributed by atoms with Gasteiger partial charge in [0.2, 0.25) is 5.95 Å². The number of hydrogen-bond donors (Lipinski definition) is 5. The van der Waals surface area contributed by atoms with Gasteiger partial charge in [-0.05, 0) is 65.4 Å². The van der Waals surface area contributed by atoms with Crippen molar-refractivity contribution in [3.05, 3.63) is 66.9 Å². The van der Waals surface area contributed by atoms with Crippen LogP contribution in [0.1, 0.15) is 0 Å². The monoisotopic (exact) mass is 552 g/mol. The van der Waals surface area contributed by atoms with E-state index in [4.69, 9.17) is 15.1 Å². The maximum Gasteiger partial charge on any atom is 0.294 e. The molecule has 0 amide bonds. The molecule has 0 bridgehead atoms. The Morgan fingerprint density at radius 2 is 1.56 bits per heavy atom. The highest BCUT2D eigenvalue weighted by Crippen LogP contribution is 2.35. The minimum Gasteiger partial charge on any atom is -0.340 e. The standard InChI is InChI=1S/C20H16N4O9S3/c25-30-32-34-15-10-12-9-14(3-6-17(12)18(11-15)35-33-31-26)23-20-21-8-7-19(24-20)22-13-1-4-16(5-2-13)36(27,28)29/h1-11,25-26H,(H,27,28,29)(H2,21,22,23,24). The minimum atomic E-state index is -4.28. The lowest BCUT2D eigenvalue weighted by molar-refractivity contribution is -0.432. The van der Waals surface area contributed by atoms with Gasteiger partial charge in [-0.1, -0.05) is 16.1 Å². The normalized spacial score (nSPS) is 11.5. The van der Waals surface area contributed by atoms with E-state index in [0.29, 0.717) is 27.0 Å². The van der Waals surface area contributed by atoms with Crippen LogP contribution in [0, 0.1) is 0 Å². The summed E-state index contributed by atoms with van der Waals surface area (Å²) in [6.07, 6.45) is 1.53. The van der Waals surface area contributed by atoms with Crippen LogP contribution in [0.3, 0.4) is 0 Å². The summed E-state index contributed by atoms with van der Waals surface area (Å²) in [5, 5.41) is 31.9. The van der Waals surface area contributed by atoms with Crippen LogP contribution in [0.2, 0.25) is 0 Å².